The Bertz CT molecular complexity index is 593. The summed E-state index contributed by atoms with van der Waals surface area (Å²) in [6.07, 6.45) is 1.72. The molecular weight excluding hydrogens is 298 g/mol. The maximum Gasteiger partial charge on any atom is 0.115 e. The zero-order chi connectivity index (χ0) is 12.3. The summed E-state index contributed by atoms with van der Waals surface area (Å²) in [7, 11) is 0. The molecule has 0 bridgehead atoms. The van der Waals surface area contributed by atoms with Gasteiger partial charge in [0.15, 0.2) is 0 Å². The molecule has 17 heavy (non-hydrogen) atoms. The third-order valence-electron chi connectivity index (χ3n) is 2.12. The predicted molar refractivity (Wildman–Crippen MR) is 71.6 cm³/mol. The zero-order valence-corrected chi connectivity index (χ0v) is 11.1. The number of anilines is 1. The second kappa shape index (κ2) is 5.21. The molecule has 1 aromatic carbocycles. The minimum atomic E-state index is 0.488. The van der Waals surface area contributed by atoms with Gasteiger partial charge in [0.1, 0.15) is 11.1 Å². The third-order valence-corrected chi connectivity index (χ3v) is 4.11. The Kier molecular flexibility index (Phi) is 3.67. The van der Waals surface area contributed by atoms with Gasteiger partial charge >= 0.3 is 0 Å². The highest BCUT2D eigenvalue weighted by atomic mass is 79.9. The van der Waals surface area contributed by atoms with E-state index in [9.17, 15) is 0 Å². The number of para-hydroxylation sites is 1. The van der Waals surface area contributed by atoms with Crippen molar-refractivity contribution < 1.29 is 0 Å². The molecule has 84 valence electrons. The van der Waals surface area contributed by atoms with E-state index >= 15 is 0 Å². The molecule has 0 aliphatic heterocycles. The van der Waals surface area contributed by atoms with Crippen molar-refractivity contribution in [2.45, 2.75) is 9.92 Å². The highest BCUT2D eigenvalue weighted by Crippen LogP contribution is 2.35. The number of nitriles is 1. The molecule has 0 aliphatic rings. The first-order chi connectivity index (χ1) is 8.22. The number of benzene rings is 1. The van der Waals surface area contributed by atoms with Gasteiger partial charge in [0.2, 0.25) is 0 Å². The number of hydrogen-bond acceptors (Lipinski definition) is 4. The van der Waals surface area contributed by atoms with E-state index in [4.69, 9.17) is 11.0 Å². The molecule has 3 nitrogen and oxygen atoms in total. The van der Waals surface area contributed by atoms with E-state index in [1.807, 2.05) is 24.3 Å². The number of hydrogen-bond donors (Lipinski definition) is 1. The first-order valence-corrected chi connectivity index (χ1v) is 6.40. The molecule has 0 aliphatic carbocycles. The SMILES string of the molecule is N#Cc1cccc(Sc2ncccc2Br)c1N. The van der Waals surface area contributed by atoms with Gasteiger partial charge in [0.05, 0.1) is 15.7 Å². The molecule has 5 heteroatoms. The lowest BCUT2D eigenvalue weighted by molar-refractivity contribution is 1.11. The van der Waals surface area contributed by atoms with Crippen molar-refractivity contribution in [3.05, 3.63) is 46.6 Å². The Morgan fingerprint density at radius 1 is 1.29 bits per heavy atom. The first kappa shape index (κ1) is 12.0. The van der Waals surface area contributed by atoms with Gasteiger partial charge in [-0.1, -0.05) is 17.8 Å². The van der Waals surface area contributed by atoms with Gasteiger partial charge in [0.25, 0.3) is 0 Å². The molecule has 0 atom stereocenters. The van der Waals surface area contributed by atoms with E-state index in [1.165, 1.54) is 11.8 Å². The predicted octanol–water partition coefficient (Wildman–Crippen LogP) is 3.45. The topological polar surface area (TPSA) is 62.7 Å². The van der Waals surface area contributed by atoms with Crippen LogP contribution in [0.25, 0.3) is 0 Å². The fourth-order valence-electron chi connectivity index (χ4n) is 1.28. The molecule has 0 amide bonds. The summed E-state index contributed by atoms with van der Waals surface area (Å²) < 4.78 is 0.909. The summed E-state index contributed by atoms with van der Waals surface area (Å²) in [4.78, 5) is 5.08. The lowest BCUT2D eigenvalue weighted by Gasteiger charge is -2.06. The van der Waals surface area contributed by atoms with Crippen molar-refractivity contribution in [3.8, 4) is 6.07 Å². The summed E-state index contributed by atoms with van der Waals surface area (Å²) in [6, 6.07) is 11.2. The van der Waals surface area contributed by atoms with Crippen molar-refractivity contribution in [3.63, 3.8) is 0 Å². The van der Waals surface area contributed by atoms with Crippen LogP contribution in [0.2, 0.25) is 0 Å². The lowest BCUT2D eigenvalue weighted by Crippen LogP contribution is -1.93. The van der Waals surface area contributed by atoms with Crippen molar-refractivity contribution in [1.82, 2.24) is 4.98 Å². The Balaban J connectivity index is 2.38. The molecule has 1 aromatic heterocycles. The highest BCUT2D eigenvalue weighted by molar-refractivity contribution is 9.10. The van der Waals surface area contributed by atoms with Gasteiger partial charge in [0, 0.05) is 11.1 Å². The third kappa shape index (κ3) is 2.60. The quantitative estimate of drug-likeness (QED) is 0.863. The molecule has 2 N–H and O–H groups in total. The van der Waals surface area contributed by atoms with Crippen LogP contribution in [0.3, 0.4) is 0 Å². The van der Waals surface area contributed by atoms with E-state index in [0.29, 0.717) is 11.3 Å². The van der Waals surface area contributed by atoms with Crippen LogP contribution < -0.4 is 5.73 Å². The van der Waals surface area contributed by atoms with Gasteiger partial charge in [-0.05, 0) is 40.2 Å². The van der Waals surface area contributed by atoms with Gasteiger partial charge in [-0.15, -0.1) is 0 Å². The minimum absolute atomic E-state index is 0.488. The maximum absolute atomic E-state index is 8.90. The molecule has 0 fully saturated rings. The van der Waals surface area contributed by atoms with Crippen LogP contribution in [0.4, 0.5) is 5.69 Å². The largest absolute Gasteiger partial charge is 0.397 e. The van der Waals surface area contributed by atoms with Crippen molar-refractivity contribution in [1.29, 1.82) is 5.26 Å². The Morgan fingerprint density at radius 3 is 2.82 bits per heavy atom. The Morgan fingerprint density at radius 2 is 2.12 bits per heavy atom. The van der Waals surface area contributed by atoms with E-state index in [1.54, 1.807) is 12.3 Å². The van der Waals surface area contributed by atoms with E-state index in [2.05, 4.69) is 27.0 Å². The van der Waals surface area contributed by atoms with Crippen LogP contribution in [0.1, 0.15) is 5.56 Å². The molecular formula is C12H8BrN3S. The van der Waals surface area contributed by atoms with E-state index in [-0.39, 0.29) is 0 Å². The summed E-state index contributed by atoms with van der Waals surface area (Å²) in [5.41, 5.74) is 6.89. The van der Waals surface area contributed by atoms with E-state index in [0.717, 1.165) is 14.4 Å². The van der Waals surface area contributed by atoms with Crippen LogP contribution in [0.5, 0.6) is 0 Å². The molecule has 0 saturated heterocycles. The number of nitrogens with zero attached hydrogens (tertiary/aromatic N) is 2. The Hall–Kier alpha value is -1.51. The summed E-state index contributed by atoms with van der Waals surface area (Å²) >= 11 is 4.86. The first-order valence-electron chi connectivity index (χ1n) is 4.79. The number of nitrogens with two attached hydrogens (primary N) is 1. The second-order valence-electron chi connectivity index (χ2n) is 3.22. The average Bonchev–Trinajstić information content (AvgIpc) is 2.34. The Labute approximate surface area is 112 Å². The highest BCUT2D eigenvalue weighted by Gasteiger charge is 2.08. The number of nitrogen functional groups attached to an aromatic ring is 1. The van der Waals surface area contributed by atoms with Gasteiger partial charge in [-0.3, -0.25) is 0 Å². The number of aromatic nitrogens is 1. The molecule has 0 spiro atoms. The van der Waals surface area contributed by atoms with Gasteiger partial charge in [-0.2, -0.15) is 5.26 Å². The normalized spacial score (nSPS) is 9.88. The molecule has 0 radical (unpaired) electrons. The zero-order valence-electron chi connectivity index (χ0n) is 8.72. The van der Waals surface area contributed by atoms with Crippen LogP contribution >= 0.6 is 27.7 Å². The average molecular weight is 306 g/mol. The van der Waals surface area contributed by atoms with Gasteiger partial charge < -0.3 is 5.73 Å². The van der Waals surface area contributed by atoms with Crippen LogP contribution in [0, 0.1) is 11.3 Å². The van der Waals surface area contributed by atoms with Crippen molar-refractivity contribution in [2.75, 3.05) is 5.73 Å². The molecule has 0 saturated carbocycles. The smallest absolute Gasteiger partial charge is 0.115 e. The summed E-state index contributed by atoms with van der Waals surface area (Å²) in [5, 5.41) is 9.73. The number of pyridine rings is 1. The molecule has 2 aromatic rings. The lowest BCUT2D eigenvalue weighted by atomic mass is 10.2. The molecule has 1 heterocycles. The fraction of sp³-hybridized carbons (Fsp3) is 0. The van der Waals surface area contributed by atoms with Crippen LogP contribution in [-0.4, -0.2) is 4.98 Å². The van der Waals surface area contributed by atoms with Crippen molar-refractivity contribution in [2.24, 2.45) is 0 Å². The molecule has 0 unspecified atom stereocenters. The monoisotopic (exact) mass is 305 g/mol. The minimum Gasteiger partial charge on any atom is -0.397 e. The summed E-state index contributed by atoms with van der Waals surface area (Å²) in [5.74, 6) is 0. The standard InChI is InChI=1S/C12H8BrN3S/c13-9-4-2-6-16-12(9)17-10-5-1-3-8(7-14)11(10)15/h1-6H,15H2. The summed E-state index contributed by atoms with van der Waals surface area (Å²) in [6.45, 7) is 0. The fourth-order valence-corrected chi connectivity index (χ4v) is 2.63. The van der Waals surface area contributed by atoms with Crippen molar-refractivity contribution >= 4 is 33.4 Å². The molecule has 2 rings (SSSR count). The van der Waals surface area contributed by atoms with Crippen LogP contribution in [-0.2, 0) is 0 Å². The maximum atomic E-state index is 8.90. The number of rotatable bonds is 2. The van der Waals surface area contributed by atoms with Crippen LogP contribution in [0.15, 0.2) is 50.9 Å². The van der Waals surface area contributed by atoms with Gasteiger partial charge in [-0.25, -0.2) is 4.98 Å². The second-order valence-corrected chi connectivity index (χ2v) is 5.11. The van der Waals surface area contributed by atoms with E-state index < -0.39 is 0 Å². The number of halogens is 1.